The van der Waals surface area contributed by atoms with E-state index in [0.717, 1.165) is 11.1 Å². The molecule has 104 valence electrons. The first-order valence-electron chi connectivity index (χ1n) is 6.29. The fourth-order valence-electron chi connectivity index (χ4n) is 1.95. The normalized spacial score (nSPS) is 11.9. The zero-order chi connectivity index (χ0) is 14.5. The van der Waals surface area contributed by atoms with Crippen LogP contribution in [-0.4, -0.2) is 17.6 Å². The SMILES string of the molecule is Cc1ccccc1C(O)CNC(=O)c1cccc[n+]1[O-]. The fraction of sp³-hybridized carbons (Fsp3) is 0.200. The Labute approximate surface area is 117 Å². The molecule has 1 aromatic heterocycles. The van der Waals surface area contributed by atoms with Gasteiger partial charge in [-0.05, 0) is 24.1 Å². The summed E-state index contributed by atoms with van der Waals surface area (Å²) in [6.07, 6.45) is 0.455. The van der Waals surface area contributed by atoms with E-state index in [0.29, 0.717) is 4.73 Å². The van der Waals surface area contributed by atoms with Gasteiger partial charge < -0.3 is 15.6 Å². The molecular weight excluding hydrogens is 256 g/mol. The van der Waals surface area contributed by atoms with Crippen LogP contribution >= 0.6 is 0 Å². The first-order valence-corrected chi connectivity index (χ1v) is 6.29. The lowest BCUT2D eigenvalue weighted by atomic mass is 10.0. The number of aromatic nitrogens is 1. The standard InChI is InChI=1S/C15H16N2O3/c1-11-6-2-3-7-12(11)14(18)10-16-15(19)13-8-4-5-9-17(13)20/h2-9,14,18H,10H2,1H3,(H,16,19). The Morgan fingerprint density at radius 1 is 1.30 bits per heavy atom. The van der Waals surface area contributed by atoms with Gasteiger partial charge in [-0.15, -0.1) is 0 Å². The summed E-state index contributed by atoms with van der Waals surface area (Å²) >= 11 is 0. The summed E-state index contributed by atoms with van der Waals surface area (Å²) in [4.78, 5) is 11.8. The largest absolute Gasteiger partial charge is 0.618 e. The number of hydrogen-bond donors (Lipinski definition) is 2. The molecule has 1 heterocycles. The van der Waals surface area contributed by atoms with Crippen molar-refractivity contribution in [2.24, 2.45) is 0 Å². The number of rotatable bonds is 4. The average molecular weight is 272 g/mol. The summed E-state index contributed by atoms with van der Waals surface area (Å²) in [6, 6.07) is 12.0. The van der Waals surface area contributed by atoms with Crippen LogP contribution in [0.5, 0.6) is 0 Å². The van der Waals surface area contributed by atoms with Crippen molar-refractivity contribution in [2.75, 3.05) is 6.54 Å². The number of pyridine rings is 1. The quantitative estimate of drug-likeness (QED) is 0.646. The Morgan fingerprint density at radius 3 is 2.70 bits per heavy atom. The van der Waals surface area contributed by atoms with E-state index in [1.54, 1.807) is 12.1 Å². The zero-order valence-corrected chi connectivity index (χ0v) is 11.1. The van der Waals surface area contributed by atoms with Crippen LogP contribution < -0.4 is 10.0 Å². The summed E-state index contributed by atoms with van der Waals surface area (Å²) in [6.45, 7) is 1.95. The Kier molecular flexibility index (Phi) is 4.32. The van der Waals surface area contributed by atoms with Crippen LogP contribution in [-0.2, 0) is 0 Å². The van der Waals surface area contributed by atoms with Crippen molar-refractivity contribution < 1.29 is 14.6 Å². The van der Waals surface area contributed by atoms with Gasteiger partial charge in [-0.3, -0.25) is 4.79 Å². The van der Waals surface area contributed by atoms with Gasteiger partial charge in [0.05, 0.1) is 6.10 Å². The summed E-state index contributed by atoms with van der Waals surface area (Å²) in [5, 5.41) is 24.0. The summed E-state index contributed by atoms with van der Waals surface area (Å²) in [5.74, 6) is -0.506. The van der Waals surface area contributed by atoms with E-state index in [4.69, 9.17) is 0 Å². The molecule has 2 aromatic rings. The highest BCUT2D eigenvalue weighted by Gasteiger charge is 2.17. The fourth-order valence-corrected chi connectivity index (χ4v) is 1.95. The third-order valence-electron chi connectivity index (χ3n) is 3.06. The maximum atomic E-state index is 11.8. The third-order valence-corrected chi connectivity index (χ3v) is 3.06. The van der Waals surface area contributed by atoms with Crippen molar-refractivity contribution >= 4 is 5.91 Å². The van der Waals surface area contributed by atoms with E-state index in [9.17, 15) is 15.1 Å². The number of benzene rings is 1. The molecule has 2 rings (SSSR count). The number of aliphatic hydroxyl groups is 1. The summed E-state index contributed by atoms with van der Waals surface area (Å²) < 4.78 is 0.496. The molecule has 0 fully saturated rings. The van der Waals surface area contributed by atoms with E-state index in [1.807, 2.05) is 31.2 Å². The molecule has 0 saturated heterocycles. The Morgan fingerprint density at radius 2 is 2.00 bits per heavy atom. The molecule has 0 aliphatic carbocycles. The van der Waals surface area contributed by atoms with Gasteiger partial charge >= 0.3 is 5.91 Å². The number of carbonyl (C=O) groups is 1. The molecule has 2 N–H and O–H groups in total. The maximum absolute atomic E-state index is 11.8. The average Bonchev–Trinajstić information content (AvgIpc) is 2.45. The van der Waals surface area contributed by atoms with Gasteiger partial charge in [0.1, 0.15) is 0 Å². The summed E-state index contributed by atoms with van der Waals surface area (Å²) in [7, 11) is 0. The molecule has 5 heteroatoms. The lowest BCUT2D eigenvalue weighted by molar-refractivity contribution is -0.607. The Balaban J connectivity index is 2.01. The lowest BCUT2D eigenvalue weighted by Crippen LogP contribution is -2.40. The van der Waals surface area contributed by atoms with Gasteiger partial charge in [0.15, 0.2) is 6.20 Å². The smallest absolute Gasteiger partial charge is 0.317 e. The first kappa shape index (κ1) is 14.0. The van der Waals surface area contributed by atoms with Crippen LogP contribution in [0.25, 0.3) is 0 Å². The van der Waals surface area contributed by atoms with Gasteiger partial charge in [-0.1, -0.05) is 24.3 Å². The highest BCUT2D eigenvalue weighted by Crippen LogP contribution is 2.16. The third kappa shape index (κ3) is 3.13. The molecule has 20 heavy (non-hydrogen) atoms. The topological polar surface area (TPSA) is 76.3 Å². The van der Waals surface area contributed by atoms with E-state index < -0.39 is 12.0 Å². The minimum Gasteiger partial charge on any atom is -0.618 e. The molecule has 1 atom stereocenters. The van der Waals surface area contributed by atoms with Crippen molar-refractivity contribution in [3.05, 3.63) is 70.7 Å². The van der Waals surface area contributed by atoms with E-state index in [2.05, 4.69) is 5.32 Å². The molecule has 0 spiro atoms. The monoisotopic (exact) mass is 272 g/mol. The van der Waals surface area contributed by atoms with Gasteiger partial charge in [0.2, 0.25) is 0 Å². The van der Waals surface area contributed by atoms with Crippen LogP contribution in [0.15, 0.2) is 48.7 Å². The van der Waals surface area contributed by atoms with E-state index in [-0.39, 0.29) is 12.2 Å². The zero-order valence-electron chi connectivity index (χ0n) is 11.1. The first-order chi connectivity index (χ1) is 9.59. The van der Waals surface area contributed by atoms with Crippen LogP contribution in [0, 0.1) is 12.1 Å². The second kappa shape index (κ2) is 6.16. The molecule has 1 aromatic carbocycles. The number of hydrogen-bond acceptors (Lipinski definition) is 3. The number of nitrogens with zero attached hydrogens (tertiary/aromatic N) is 1. The molecule has 0 aliphatic heterocycles. The van der Waals surface area contributed by atoms with Crippen LogP contribution in [0.1, 0.15) is 27.7 Å². The Bertz CT molecular complexity index is 614. The molecule has 0 radical (unpaired) electrons. The van der Waals surface area contributed by atoms with Crippen molar-refractivity contribution in [2.45, 2.75) is 13.0 Å². The van der Waals surface area contributed by atoms with Crippen LogP contribution in [0.4, 0.5) is 0 Å². The number of aliphatic hydroxyl groups excluding tert-OH is 1. The van der Waals surface area contributed by atoms with Crippen molar-refractivity contribution in [1.29, 1.82) is 0 Å². The minimum absolute atomic E-state index is 0.00415. The highest BCUT2D eigenvalue weighted by molar-refractivity contribution is 5.90. The van der Waals surface area contributed by atoms with Gasteiger partial charge in [0.25, 0.3) is 5.69 Å². The van der Waals surface area contributed by atoms with Crippen LogP contribution in [0.2, 0.25) is 0 Å². The van der Waals surface area contributed by atoms with Crippen LogP contribution in [0.3, 0.4) is 0 Å². The van der Waals surface area contributed by atoms with E-state index >= 15 is 0 Å². The maximum Gasteiger partial charge on any atom is 0.317 e. The number of aryl methyl sites for hydroxylation is 1. The molecule has 0 saturated carbocycles. The second-order valence-electron chi connectivity index (χ2n) is 4.49. The van der Waals surface area contributed by atoms with Gasteiger partial charge in [0, 0.05) is 18.7 Å². The van der Waals surface area contributed by atoms with Crippen molar-refractivity contribution in [1.82, 2.24) is 5.32 Å². The van der Waals surface area contributed by atoms with Crippen molar-refractivity contribution in [3.8, 4) is 0 Å². The predicted octanol–water partition coefficient (Wildman–Crippen LogP) is 1.09. The minimum atomic E-state index is -0.802. The second-order valence-corrected chi connectivity index (χ2v) is 4.49. The van der Waals surface area contributed by atoms with Gasteiger partial charge in [-0.25, -0.2) is 0 Å². The van der Waals surface area contributed by atoms with Crippen molar-refractivity contribution in [3.63, 3.8) is 0 Å². The molecule has 5 nitrogen and oxygen atoms in total. The number of carbonyl (C=O) groups excluding carboxylic acids is 1. The Hall–Kier alpha value is -2.40. The molecule has 0 bridgehead atoms. The predicted molar refractivity (Wildman–Crippen MR) is 73.9 cm³/mol. The van der Waals surface area contributed by atoms with Gasteiger partial charge in [-0.2, -0.15) is 4.73 Å². The molecular formula is C15H16N2O3. The molecule has 1 unspecified atom stereocenters. The van der Waals surface area contributed by atoms with E-state index in [1.165, 1.54) is 12.3 Å². The number of nitrogens with one attached hydrogen (secondary N) is 1. The molecule has 0 aliphatic rings. The number of amides is 1. The molecule has 1 amide bonds. The summed E-state index contributed by atoms with van der Waals surface area (Å²) in [5.41, 5.74) is 1.72. The lowest BCUT2D eigenvalue weighted by Gasteiger charge is -2.14. The highest BCUT2D eigenvalue weighted by atomic mass is 16.5.